The van der Waals surface area contributed by atoms with Gasteiger partial charge in [-0.2, -0.15) is 0 Å². The van der Waals surface area contributed by atoms with Gasteiger partial charge in [-0.25, -0.2) is 0 Å². The molecule has 0 aromatic heterocycles. The summed E-state index contributed by atoms with van der Waals surface area (Å²) in [4.78, 5) is 25.5. The molecule has 4 nitrogen and oxygen atoms in total. The smallest absolute Gasteiger partial charge is 0.223 e. The van der Waals surface area contributed by atoms with Gasteiger partial charge in [-0.3, -0.25) is 9.59 Å². The van der Waals surface area contributed by atoms with Crippen LogP contribution in [-0.4, -0.2) is 18.4 Å². The fraction of sp³-hybridized carbons (Fsp3) is 0.263. The molecule has 1 N–H and O–H groups in total. The molecule has 132 valence electrons. The minimum atomic E-state index is -0.185. The van der Waals surface area contributed by atoms with Crippen LogP contribution in [0.25, 0.3) is 0 Å². The van der Waals surface area contributed by atoms with E-state index in [0.717, 1.165) is 11.1 Å². The average molecular weight is 379 g/mol. The van der Waals surface area contributed by atoms with Gasteiger partial charge in [-0.15, -0.1) is 0 Å². The molecule has 0 saturated carbocycles. The Morgan fingerprint density at radius 3 is 2.52 bits per heavy atom. The van der Waals surface area contributed by atoms with Crippen LogP contribution in [0, 0.1) is 6.92 Å². The van der Waals surface area contributed by atoms with E-state index in [1.807, 2.05) is 31.2 Å². The SMILES string of the molecule is CC(=O)N(CCC(=O)NCc1cccc(C)c1)c1ccc(Cl)cc1Cl. The lowest BCUT2D eigenvalue weighted by atomic mass is 10.1. The first-order chi connectivity index (χ1) is 11.9. The van der Waals surface area contributed by atoms with Crippen LogP contribution in [0.2, 0.25) is 10.0 Å². The first kappa shape index (κ1) is 19.3. The van der Waals surface area contributed by atoms with Crippen molar-refractivity contribution in [3.63, 3.8) is 0 Å². The fourth-order valence-corrected chi connectivity index (χ4v) is 2.98. The maximum absolute atomic E-state index is 12.1. The van der Waals surface area contributed by atoms with Gasteiger partial charge in [-0.05, 0) is 30.7 Å². The van der Waals surface area contributed by atoms with Gasteiger partial charge < -0.3 is 10.2 Å². The zero-order chi connectivity index (χ0) is 18.4. The number of hydrogen-bond acceptors (Lipinski definition) is 2. The van der Waals surface area contributed by atoms with E-state index in [1.54, 1.807) is 18.2 Å². The lowest BCUT2D eigenvalue weighted by Gasteiger charge is -2.22. The number of hydrogen-bond donors (Lipinski definition) is 1. The van der Waals surface area contributed by atoms with Gasteiger partial charge in [0.1, 0.15) is 0 Å². The van der Waals surface area contributed by atoms with Gasteiger partial charge in [0.25, 0.3) is 0 Å². The molecular weight excluding hydrogens is 359 g/mol. The standard InChI is InChI=1S/C19H20Cl2N2O2/c1-13-4-3-5-15(10-13)12-22-19(25)8-9-23(14(2)24)18-7-6-16(20)11-17(18)21/h3-7,10-11H,8-9,12H2,1-2H3,(H,22,25). The second kappa shape index (κ2) is 8.88. The van der Waals surface area contributed by atoms with E-state index in [-0.39, 0.29) is 24.8 Å². The highest BCUT2D eigenvalue weighted by Crippen LogP contribution is 2.29. The van der Waals surface area contributed by atoms with Crippen LogP contribution in [0.4, 0.5) is 5.69 Å². The van der Waals surface area contributed by atoms with Crippen molar-refractivity contribution >= 4 is 40.7 Å². The van der Waals surface area contributed by atoms with Gasteiger partial charge in [0.15, 0.2) is 0 Å². The third-order valence-corrected chi connectivity index (χ3v) is 4.25. The molecular formula is C19H20Cl2N2O2. The molecule has 2 aromatic rings. The van der Waals surface area contributed by atoms with Crippen molar-refractivity contribution in [2.24, 2.45) is 0 Å². The number of nitrogens with one attached hydrogen (secondary N) is 1. The largest absolute Gasteiger partial charge is 0.352 e. The lowest BCUT2D eigenvalue weighted by Crippen LogP contribution is -2.33. The topological polar surface area (TPSA) is 49.4 Å². The molecule has 0 atom stereocenters. The molecule has 6 heteroatoms. The van der Waals surface area contributed by atoms with Crippen molar-refractivity contribution in [1.82, 2.24) is 5.32 Å². The van der Waals surface area contributed by atoms with Gasteiger partial charge in [0.2, 0.25) is 11.8 Å². The van der Waals surface area contributed by atoms with E-state index in [1.165, 1.54) is 11.8 Å². The van der Waals surface area contributed by atoms with E-state index >= 15 is 0 Å². The monoisotopic (exact) mass is 378 g/mol. The summed E-state index contributed by atoms with van der Waals surface area (Å²) in [7, 11) is 0. The number of carbonyl (C=O) groups is 2. The summed E-state index contributed by atoms with van der Waals surface area (Å²) in [6.07, 6.45) is 0.185. The van der Waals surface area contributed by atoms with Crippen molar-refractivity contribution in [1.29, 1.82) is 0 Å². The first-order valence-corrected chi connectivity index (χ1v) is 8.68. The van der Waals surface area contributed by atoms with E-state index in [4.69, 9.17) is 23.2 Å². The second-order valence-corrected chi connectivity index (χ2v) is 6.63. The molecule has 0 saturated heterocycles. The molecule has 0 bridgehead atoms. The quantitative estimate of drug-likeness (QED) is 0.811. The van der Waals surface area contributed by atoms with Crippen molar-refractivity contribution in [2.45, 2.75) is 26.8 Å². The third kappa shape index (κ3) is 5.76. The second-order valence-electron chi connectivity index (χ2n) is 5.78. The number of benzene rings is 2. The van der Waals surface area contributed by atoms with Gasteiger partial charge in [-0.1, -0.05) is 53.0 Å². The number of nitrogens with zero attached hydrogens (tertiary/aromatic N) is 1. The summed E-state index contributed by atoms with van der Waals surface area (Å²) in [5, 5.41) is 3.74. The predicted octanol–water partition coefficient (Wildman–Crippen LogP) is 4.36. The highest BCUT2D eigenvalue weighted by molar-refractivity contribution is 6.36. The molecule has 0 aliphatic heterocycles. The molecule has 0 unspecified atom stereocenters. The number of anilines is 1. The molecule has 2 aromatic carbocycles. The summed E-state index contributed by atoms with van der Waals surface area (Å²) in [6, 6.07) is 12.9. The number of carbonyl (C=O) groups excluding carboxylic acids is 2. The number of rotatable bonds is 6. The Morgan fingerprint density at radius 2 is 1.88 bits per heavy atom. The summed E-state index contributed by atoms with van der Waals surface area (Å²) < 4.78 is 0. The number of halogens is 2. The summed E-state index contributed by atoms with van der Waals surface area (Å²) in [5.74, 6) is -0.312. The highest BCUT2D eigenvalue weighted by Gasteiger charge is 2.16. The Kier molecular flexibility index (Phi) is 6.85. The number of aryl methyl sites for hydroxylation is 1. The van der Waals surface area contributed by atoms with Gasteiger partial charge >= 0.3 is 0 Å². The first-order valence-electron chi connectivity index (χ1n) is 7.92. The third-order valence-electron chi connectivity index (χ3n) is 3.72. The molecule has 2 rings (SSSR count). The van der Waals surface area contributed by atoms with Gasteiger partial charge in [0, 0.05) is 31.5 Å². The van der Waals surface area contributed by atoms with Crippen LogP contribution >= 0.6 is 23.2 Å². The average Bonchev–Trinajstić information content (AvgIpc) is 2.54. The Balaban J connectivity index is 1.94. The maximum Gasteiger partial charge on any atom is 0.223 e. The number of amides is 2. The molecule has 0 spiro atoms. The van der Waals surface area contributed by atoms with Crippen LogP contribution < -0.4 is 10.2 Å². The Labute approximate surface area is 157 Å². The summed E-state index contributed by atoms with van der Waals surface area (Å²) >= 11 is 12.0. The van der Waals surface area contributed by atoms with Crippen LogP contribution in [-0.2, 0) is 16.1 Å². The Morgan fingerprint density at radius 1 is 1.12 bits per heavy atom. The normalized spacial score (nSPS) is 10.4. The minimum absolute atomic E-state index is 0.127. The molecule has 0 aliphatic rings. The van der Waals surface area contributed by atoms with E-state index < -0.39 is 0 Å². The van der Waals surface area contributed by atoms with Crippen LogP contribution in [0.5, 0.6) is 0 Å². The molecule has 0 aliphatic carbocycles. The highest BCUT2D eigenvalue weighted by atomic mass is 35.5. The fourth-order valence-electron chi connectivity index (χ4n) is 2.47. The zero-order valence-corrected chi connectivity index (χ0v) is 15.7. The van der Waals surface area contributed by atoms with Crippen molar-refractivity contribution in [3.8, 4) is 0 Å². The zero-order valence-electron chi connectivity index (χ0n) is 14.2. The van der Waals surface area contributed by atoms with Crippen molar-refractivity contribution in [2.75, 3.05) is 11.4 Å². The predicted molar refractivity (Wildman–Crippen MR) is 102 cm³/mol. The lowest BCUT2D eigenvalue weighted by molar-refractivity contribution is -0.121. The van der Waals surface area contributed by atoms with E-state index in [2.05, 4.69) is 5.32 Å². The molecule has 2 amide bonds. The van der Waals surface area contributed by atoms with Gasteiger partial charge in [0.05, 0.1) is 10.7 Å². The Bertz CT molecular complexity index is 778. The molecule has 0 heterocycles. The Hall–Kier alpha value is -2.04. The molecule has 25 heavy (non-hydrogen) atoms. The summed E-state index contributed by atoms with van der Waals surface area (Å²) in [6.45, 7) is 4.15. The van der Waals surface area contributed by atoms with Crippen LogP contribution in [0.3, 0.4) is 0 Å². The van der Waals surface area contributed by atoms with E-state index in [9.17, 15) is 9.59 Å². The minimum Gasteiger partial charge on any atom is -0.352 e. The maximum atomic E-state index is 12.1. The van der Waals surface area contributed by atoms with Crippen molar-refractivity contribution in [3.05, 3.63) is 63.6 Å². The molecule has 0 radical (unpaired) electrons. The summed E-state index contributed by atoms with van der Waals surface area (Å²) in [5.41, 5.74) is 2.73. The van der Waals surface area contributed by atoms with Crippen LogP contribution in [0.1, 0.15) is 24.5 Å². The van der Waals surface area contributed by atoms with E-state index in [0.29, 0.717) is 22.3 Å². The van der Waals surface area contributed by atoms with Crippen LogP contribution in [0.15, 0.2) is 42.5 Å². The van der Waals surface area contributed by atoms with Crippen molar-refractivity contribution < 1.29 is 9.59 Å². The molecule has 0 fully saturated rings.